The Morgan fingerprint density at radius 2 is 1.90 bits per heavy atom. The SMILES string of the molecule is CC(=O)N1C=Cc2ccccc2C1CC(=O)NCCCn1cnc2ccccc21. The summed E-state index contributed by atoms with van der Waals surface area (Å²) in [5.74, 6) is -0.123. The summed E-state index contributed by atoms with van der Waals surface area (Å²) >= 11 is 0. The number of nitrogens with zero attached hydrogens (tertiary/aromatic N) is 3. The molecule has 2 heterocycles. The van der Waals surface area contributed by atoms with Gasteiger partial charge in [-0.05, 0) is 35.8 Å². The van der Waals surface area contributed by atoms with Crippen LogP contribution in [0.4, 0.5) is 0 Å². The van der Waals surface area contributed by atoms with Crippen molar-refractivity contribution in [2.75, 3.05) is 6.54 Å². The summed E-state index contributed by atoms with van der Waals surface area (Å²) in [4.78, 5) is 30.6. The number of carbonyl (C=O) groups excluding carboxylic acids is 2. The van der Waals surface area contributed by atoms with E-state index in [1.165, 1.54) is 6.92 Å². The fourth-order valence-corrected chi connectivity index (χ4v) is 3.83. The molecule has 0 radical (unpaired) electrons. The van der Waals surface area contributed by atoms with Crippen LogP contribution in [0.3, 0.4) is 0 Å². The second-order valence-electron chi connectivity index (χ2n) is 7.22. The molecule has 1 aromatic heterocycles. The first-order chi connectivity index (χ1) is 14.1. The largest absolute Gasteiger partial charge is 0.356 e. The lowest BCUT2D eigenvalue weighted by molar-refractivity contribution is -0.129. The fourth-order valence-electron chi connectivity index (χ4n) is 3.83. The summed E-state index contributed by atoms with van der Waals surface area (Å²) in [5, 5.41) is 3.00. The molecule has 0 saturated carbocycles. The van der Waals surface area contributed by atoms with Gasteiger partial charge in [-0.15, -0.1) is 0 Å². The van der Waals surface area contributed by atoms with Gasteiger partial charge in [-0.1, -0.05) is 36.4 Å². The van der Waals surface area contributed by atoms with Crippen LogP contribution in [0.25, 0.3) is 17.1 Å². The lowest BCUT2D eigenvalue weighted by Gasteiger charge is -2.32. The van der Waals surface area contributed by atoms with Gasteiger partial charge in [-0.2, -0.15) is 0 Å². The van der Waals surface area contributed by atoms with Crippen molar-refractivity contribution in [2.24, 2.45) is 0 Å². The van der Waals surface area contributed by atoms with E-state index in [4.69, 9.17) is 0 Å². The minimum Gasteiger partial charge on any atom is -0.356 e. The van der Waals surface area contributed by atoms with Gasteiger partial charge in [0, 0.05) is 26.2 Å². The van der Waals surface area contributed by atoms with Crippen LogP contribution in [0.5, 0.6) is 0 Å². The Labute approximate surface area is 169 Å². The van der Waals surface area contributed by atoms with Crippen molar-refractivity contribution in [1.29, 1.82) is 0 Å². The number of hydrogen-bond donors (Lipinski definition) is 1. The minimum absolute atomic E-state index is 0.0538. The average Bonchev–Trinajstić information content (AvgIpc) is 3.14. The summed E-state index contributed by atoms with van der Waals surface area (Å²) in [6, 6.07) is 15.6. The number of hydrogen-bond acceptors (Lipinski definition) is 3. The van der Waals surface area contributed by atoms with Crippen molar-refractivity contribution in [3.8, 4) is 0 Å². The van der Waals surface area contributed by atoms with Crippen molar-refractivity contribution in [3.05, 3.63) is 72.2 Å². The van der Waals surface area contributed by atoms with E-state index in [0.717, 1.165) is 35.1 Å². The van der Waals surface area contributed by atoms with Crippen LogP contribution < -0.4 is 5.32 Å². The van der Waals surface area contributed by atoms with Crippen LogP contribution in [-0.2, 0) is 16.1 Å². The molecule has 6 heteroatoms. The first-order valence-corrected chi connectivity index (χ1v) is 9.86. The van der Waals surface area contributed by atoms with Gasteiger partial charge < -0.3 is 14.8 Å². The molecule has 6 nitrogen and oxygen atoms in total. The Morgan fingerprint density at radius 1 is 1.10 bits per heavy atom. The molecule has 1 unspecified atom stereocenters. The molecule has 3 aromatic rings. The predicted octanol–water partition coefficient (Wildman–Crippen LogP) is 3.51. The topological polar surface area (TPSA) is 67.2 Å². The molecule has 0 aliphatic carbocycles. The second kappa shape index (κ2) is 8.31. The third-order valence-corrected chi connectivity index (χ3v) is 5.27. The van der Waals surface area contributed by atoms with Crippen LogP contribution in [-0.4, -0.2) is 32.8 Å². The maximum Gasteiger partial charge on any atom is 0.223 e. The zero-order valence-corrected chi connectivity index (χ0v) is 16.4. The minimum atomic E-state index is -0.272. The number of fused-ring (bicyclic) bond motifs is 2. The monoisotopic (exact) mass is 388 g/mol. The molecule has 1 N–H and O–H groups in total. The van der Waals surface area contributed by atoms with E-state index in [2.05, 4.69) is 14.9 Å². The van der Waals surface area contributed by atoms with Crippen molar-refractivity contribution in [2.45, 2.75) is 32.4 Å². The first kappa shape index (κ1) is 18.9. The number of nitrogens with one attached hydrogen (secondary N) is 1. The van der Waals surface area contributed by atoms with E-state index in [0.29, 0.717) is 6.54 Å². The summed E-state index contributed by atoms with van der Waals surface area (Å²) in [6.45, 7) is 2.89. The molecule has 29 heavy (non-hydrogen) atoms. The predicted molar refractivity (Wildman–Crippen MR) is 113 cm³/mol. The summed E-state index contributed by atoms with van der Waals surface area (Å²) in [7, 11) is 0. The van der Waals surface area contributed by atoms with Gasteiger partial charge in [-0.25, -0.2) is 4.98 Å². The Morgan fingerprint density at radius 3 is 2.76 bits per heavy atom. The Kier molecular flexibility index (Phi) is 5.42. The van der Waals surface area contributed by atoms with E-state index in [9.17, 15) is 9.59 Å². The average molecular weight is 388 g/mol. The molecule has 0 bridgehead atoms. The van der Waals surface area contributed by atoms with Crippen LogP contribution in [0.2, 0.25) is 0 Å². The number of carbonyl (C=O) groups is 2. The Balaban J connectivity index is 1.34. The molecule has 1 aliphatic rings. The molecule has 2 amide bonds. The summed E-state index contributed by atoms with van der Waals surface area (Å²) in [5.41, 5.74) is 4.13. The van der Waals surface area contributed by atoms with Crippen LogP contribution in [0.1, 0.15) is 36.9 Å². The summed E-state index contributed by atoms with van der Waals surface area (Å²) < 4.78 is 2.10. The maximum absolute atomic E-state index is 12.6. The molecule has 148 valence electrons. The van der Waals surface area contributed by atoms with Gasteiger partial charge in [0.15, 0.2) is 0 Å². The maximum atomic E-state index is 12.6. The number of rotatable bonds is 6. The quantitative estimate of drug-likeness (QED) is 0.657. The van der Waals surface area contributed by atoms with Crippen LogP contribution in [0, 0.1) is 0 Å². The van der Waals surface area contributed by atoms with E-state index < -0.39 is 0 Å². The number of benzene rings is 2. The molecule has 0 saturated heterocycles. The van der Waals surface area contributed by atoms with E-state index in [1.54, 1.807) is 11.1 Å². The number of aryl methyl sites for hydroxylation is 1. The van der Waals surface area contributed by atoms with Gasteiger partial charge in [0.1, 0.15) is 0 Å². The van der Waals surface area contributed by atoms with Crippen LogP contribution >= 0.6 is 0 Å². The molecule has 0 fully saturated rings. The molecule has 2 aromatic carbocycles. The Bertz CT molecular complexity index is 1070. The highest BCUT2D eigenvalue weighted by molar-refractivity contribution is 5.81. The third-order valence-electron chi connectivity index (χ3n) is 5.27. The van der Waals surface area contributed by atoms with Gasteiger partial charge >= 0.3 is 0 Å². The highest BCUT2D eigenvalue weighted by Gasteiger charge is 2.27. The lowest BCUT2D eigenvalue weighted by atomic mass is 9.93. The zero-order valence-electron chi connectivity index (χ0n) is 16.4. The van der Waals surface area contributed by atoms with Crippen molar-refractivity contribution in [3.63, 3.8) is 0 Å². The normalized spacial score (nSPS) is 15.3. The number of imidazole rings is 1. The fraction of sp³-hybridized carbons (Fsp3) is 0.261. The first-order valence-electron chi connectivity index (χ1n) is 9.86. The number of para-hydroxylation sites is 2. The molecular weight excluding hydrogens is 364 g/mol. The number of amides is 2. The second-order valence-corrected chi connectivity index (χ2v) is 7.22. The smallest absolute Gasteiger partial charge is 0.223 e. The number of aromatic nitrogens is 2. The summed E-state index contributed by atoms with van der Waals surface area (Å²) in [6.07, 6.45) is 6.58. The zero-order chi connectivity index (χ0) is 20.2. The van der Waals surface area contributed by atoms with E-state index >= 15 is 0 Å². The highest BCUT2D eigenvalue weighted by atomic mass is 16.2. The van der Waals surface area contributed by atoms with Crippen molar-refractivity contribution in [1.82, 2.24) is 19.8 Å². The molecule has 4 rings (SSSR count). The van der Waals surface area contributed by atoms with Gasteiger partial charge in [0.2, 0.25) is 11.8 Å². The molecule has 0 spiro atoms. The molecular formula is C23H24N4O2. The van der Waals surface area contributed by atoms with Crippen molar-refractivity contribution >= 4 is 28.9 Å². The molecule has 1 atom stereocenters. The standard InChI is InChI=1S/C23H24N4O2/c1-17(28)27-14-11-18-7-2-3-8-19(18)22(27)15-23(29)24-12-6-13-26-16-25-20-9-4-5-10-21(20)26/h2-5,7-11,14,16,22H,6,12-13,15H2,1H3,(H,24,29). The van der Waals surface area contributed by atoms with Gasteiger partial charge in [0.25, 0.3) is 0 Å². The molecule has 1 aliphatic heterocycles. The van der Waals surface area contributed by atoms with Crippen LogP contribution in [0.15, 0.2) is 61.1 Å². The van der Waals surface area contributed by atoms with E-state index in [-0.39, 0.29) is 24.3 Å². The van der Waals surface area contributed by atoms with Gasteiger partial charge in [-0.3, -0.25) is 9.59 Å². The highest BCUT2D eigenvalue weighted by Crippen LogP contribution is 2.32. The third kappa shape index (κ3) is 4.06. The van der Waals surface area contributed by atoms with Gasteiger partial charge in [0.05, 0.1) is 29.8 Å². The van der Waals surface area contributed by atoms with Crippen molar-refractivity contribution < 1.29 is 9.59 Å². The van der Waals surface area contributed by atoms with E-state index in [1.807, 2.05) is 60.9 Å². The Hall–Kier alpha value is -3.41. The lowest BCUT2D eigenvalue weighted by Crippen LogP contribution is -2.35.